The van der Waals surface area contributed by atoms with Gasteiger partial charge >= 0.3 is 0 Å². The molecule has 0 aromatic carbocycles. The van der Waals surface area contributed by atoms with Gasteiger partial charge in [-0.2, -0.15) is 0 Å². The second-order valence-corrected chi connectivity index (χ2v) is 3.53. The van der Waals surface area contributed by atoms with Crippen LogP contribution in [0.15, 0.2) is 47.7 Å². The zero-order chi connectivity index (χ0) is 11.5. The molecule has 2 rings (SSSR count). The van der Waals surface area contributed by atoms with Crippen LogP contribution in [0.25, 0.3) is 5.69 Å². The molecule has 0 aliphatic rings. The van der Waals surface area contributed by atoms with Gasteiger partial charge in [-0.1, -0.05) is 0 Å². The van der Waals surface area contributed by atoms with Crippen LogP contribution in [0.3, 0.4) is 0 Å². The van der Waals surface area contributed by atoms with Gasteiger partial charge in [0.15, 0.2) is 0 Å². The van der Waals surface area contributed by atoms with Crippen molar-refractivity contribution in [3.63, 3.8) is 0 Å². The Bertz CT molecular complexity index is 532. The highest BCUT2D eigenvalue weighted by atomic mass is 16.3. The number of aromatic nitrogens is 2. The van der Waals surface area contributed by atoms with E-state index in [4.69, 9.17) is 0 Å². The molecular formula is C12H12N2O2. The molecule has 0 unspecified atom stereocenters. The number of rotatable bonds is 2. The molecule has 2 aromatic rings. The third-order valence-corrected chi connectivity index (χ3v) is 2.35. The fraction of sp³-hybridized carbons (Fsp3) is 0.167. The van der Waals surface area contributed by atoms with Crippen LogP contribution in [0, 0.1) is 0 Å². The highest BCUT2D eigenvalue weighted by Gasteiger charge is 2.08. The second-order valence-electron chi connectivity index (χ2n) is 3.53. The van der Waals surface area contributed by atoms with E-state index in [9.17, 15) is 9.90 Å². The van der Waals surface area contributed by atoms with Crippen LogP contribution in [-0.2, 0) is 0 Å². The SMILES string of the molecule is C[C@@H](O)c1cccn(-c2cccnc2)c1=O. The van der Waals surface area contributed by atoms with Crippen LogP contribution in [0.2, 0.25) is 0 Å². The van der Waals surface area contributed by atoms with Gasteiger partial charge in [-0.15, -0.1) is 0 Å². The van der Waals surface area contributed by atoms with Crippen molar-refractivity contribution in [3.05, 3.63) is 58.8 Å². The molecule has 0 saturated carbocycles. The molecule has 2 aromatic heterocycles. The summed E-state index contributed by atoms with van der Waals surface area (Å²) in [5.74, 6) is 0. The van der Waals surface area contributed by atoms with Crippen molar-refractivity contribution in [1.29, 1.82) is 0 Å². The fourth-order valence-corrected chi connectivity index (χ4v) is 1.53. The fourth-order valence-electron chi connectivity index (χ4n) is 1.53. The topological polar surface area (TPSA) is 55.1 Å². The monoisotopic (exact) mass is 216 g/mol. The van der Waals surface area contributed by atoms with E-state index in [2.05, 4.69) is 4.98 Å². The summed E-state index contributed by atoms with van der Waals surface area (Å²) >= 11 is 0. The van der Waals surface area contributed by atoms with Crippen LogP contribution < -0.4 is 5.56 Å². The van der Waals surface area contributed by atoms with Gasteiger partial charge in [0.2, 0.25) is 0 Å². The summed E-state index contributed by atoms with van der Waals surface area (Å²) in [5, 5.41) is 9.45. The highest BCUT2D eigenvalue weighted by Crippen LogP contribution is 2.08. The van der Waals surface area contributed by atoms with Gasteiger partial charge in [0.05, 0.1) is 18.0 Å². The maximum atomic E-state index is 12.0. The first-order chi connectivity index (χ1) is 7.70. The quantitative estimate of drug-likeness (QED) is 0.822. The first-order valence-corrected chi connectivity index (χ1v) is 5.00. The van der Waals surface area contributed by atoms with E-state index in [0.29, 0.717) is 11.3 Å². The van der Waals surface area contributed by atoms with Gasteiger partial charge < -0.3 is 5.11 Å². The van der Waals surface area contributed by atoms with Crippen molar-refractivity contribution in [3.8, 4) is 5.69 Å². The van der Waals surface area contributed by atoms with E-state index in [-0.39, 0.29) is 5.56 Å². The lowest BCUT2D eigenvalue weighted by Crippen LogP contribution is -2.22. The van der Waals surface area contributed by atoms with Gasteiger partial charge in [-0.05, 0) is 31.2 Å². The molecule has 0 radical (unpaired) electrons. The first kappa shape index (κ1) is 10.6. The molecule has 0 aliphatic heterocycles. The summed E-state index contributed by atoms with van der Waals surface area (Å²) in [7, 11) is 0. The van der Waals surface area contributed by atoms with E-state index in [0.717, 1.165) is 0 Å². The molecule has 0 saturated heterocycles. The Morgan fingerprint density at radius 3 is 2.81 bits per heavy atom. The highest BCUT2D eigenvalue weighted by molar-refractivity contribution is 5.30. The molecule has 1 atom stereocenters. The Morgan fingerprint density at radius 1 is 1.38 bits per heavy atom. The summed E-state index contributed by atoms with van der Waals surface area (Å²) in [4.78, 5) is 15.9. The summed E-state index contributed by atoms with van der Waals surface area (Å²) < 4.78 is 1.47. The zero-order valence-electron chi connectivity index (χ0n) is 8.87. The second kappa shape index (κ2) is 4.28. The number of aliphatic hydroxyl groups excluding tert-OH is 1. The normalized spacial score (nSPS) is 12.4. The van der Waals surface area contributed by atoms with Crippen LogP contribution >= 0.6 is 0 Å². The number of aliphatic hydroxyl groups is 1. The van der Waals surface area contributed by atoms with Crippen molar-refractivity contribution in [2.75, 3.05) is 0 Å². The summed E-state index contributed by atoms with van der Waals surface area (Å²) in [6.45, 7) is 1.57. The largest absolute Gasteiger partial charge is 0.388 e. The molecule has 0 aliphatic carbocycles. The standard InChI is InChI=1S/C12H12N2O2/c1-9(15)11-5-3-7-14(12(11)16)10-4-2-6-13-8-10/h2-9,15H,1H3/t9-/m1/s1. The predicted octanol–water partition coefficient (Wildman–Crippen LogP) is 1.29. The van der Waals surface area contributed by atoms with Crippen molar-refractivity contribution >= 4 is 0 Å². The average Bonchev–Trinajstić information content (AvgIpc) is 2.30. The van der Waals surface area contributed by atoms with E-state index in [1.54, 1.807) is 49.8 Å². The van der Waals surface area contributed by atoms with E-state index >= 15 is 0 Å². The van der Waals surface area contributed by atoms with E-state index in [1.807, 2.05) is 0 Å². The molecule has 1 N–H and O–H groups in total. The zero-order valence-corrected chi connectivity index (χ0v) is 8.87. The molecule has 82 valence electrons. The molecule has 16 heavy (non-hydrogen) atoms. The maximum Gasteiger partial charge on any atom is 0.260 e. The van der Waals surface area contributed by atoms with Gasteiger partial charge in [-0.3, -0.25) is 14.3 Å². The molecule has 0 fully saturated rings. The van der Waals surface area contributed by atoms with Crippen molar-refractivity contribution in [2.45, 2.75) is 13.0 Å². The lowest BCUT2D eigenvalue weighted by Gasteiger charge is -2.08. The van der Waals surface area contributed by atoms with Gasteiger partial charge in [0, 0.05) is 18.0 Å². The average molecular weight is 216 g/mol. The minimum absolute atomic E-state index is 0.217. The Morgan fingerprint density at radius 2 is 2.19 bits per heavy atom. The third kappa shape index (κ3) is 1.87. The van der Waals surface area contributed by atoms with E-state index in [1.165, 1.54) is 4.57 Å². The minimum Gasteiger partial charge on any atom is -0.388 e. The number of nitrogens with zero attached hydrogens (tertiary/aromatic N) is 2. The Hall–Kier alpha value is -1.94. The molecule has 0 spiro atoms. The van der Waals surface area contributed by atoms with Crippen LogP contribution in [0.4, 0.5) is 0 Å². The summed E-state index contributed by atoms with van der Waals surface area (Å²) in [6, 6.07) is 6.91. The van der Waals surface area contributed by atoms with Crippen molar-refractivity contribution in [2.24, 2.45) is 0 Å². The lowest BCUT2D eigenvalue weighted by molar-refractivity contribution is 0.197. The van der Waals surface area contributed by atoms with Crippen LogP contribution in [0.1, 0.15) is 18.6 Å². The van der Waals surface area contributed by atoms with Crippen LogP contribution in [-0.4, -0.2) is 14.7 Å². The number of pyridine rings is 2. The van der Waals surface area contributed by atoms with Gasteiger partial charge in [0.25, 0.3) is 5.56 Å². The smallest absolute Gasteiger partial charge is 0.260 e. The molecular weight excluding hydrogens is 204 g/mol. The molecule has 4 heteroatoms. The molecule has 0 bridgehead atoms. The summed E-state index contributed by atoms with van der Waals surface area (Å²) in [5.41, 5.74) is 0.854. The first-order valence-electron chi connectivity index (χ1n) is 5.00. The predicted molar refractivity (Wildman–Crippen MR) is 60.5 cm³/mol. The Balaban J connectivity index is 2.60. The van der Waals surface area contributed by atoms with Crippen molar-refractivity contribution < 1.29 is 5.11 Å². The third-order valence-electron chi connectivity index (χ3n) is 2.35. The van der Waals surface area contributed by atoms with Crippen LogP contribution in [0.5, 0.6) is 0 Å². The number of hydrogen-bond donors (Lipinski definition) is 1. The lowest BCUT2D eigenvalue weighted by atomic mass is 10.2. The minimum atomic E-state index is -0.767. The molecule has 2 heterocycles. The molecule has 4 nitrogen and oxygen atoms in total. The van der Waals surface area contributed by atoms with Gasteiger partial charge in [0.1, 0.15) is 0 Å². The van der Waals surface area contributed by atoms with E-state index < -0.39 is 6.10 Å². The summed E-state index contributed by atoms with van der Waals surface area (Å²) in [6.07, 6.45) is 4.14. The number of hydrogen-bond acceptors (Lipinski definition) is 3. The Labute approximate surface area is 92.8 Å². The van der Waals surface area contributed by atoms with Crippen molar-refractivity contribution in [1.82, 2.24) is 9.55 Å². The Kier molecular flexibility index (Phi) is 2.83. The maximum absolute atomic E-state index is 12.0. The molecule has 0 amide bonds. The van der Waals surface area contributed by atoms with Gasteiger partial charge in [-0.25, -0.2) is 0 Å².